The van der Waals surface area contributed by atoms with Crippen LogP contribution in [0, 0.1) is 0 Å². The zero-order chi connectivity index (χ0) is 41.7. The molecule has 0 amide bonds. The van der Waals surface area contributed by atoms with Crippen LogP contribution in [0.15, 0.2) is 183 Å². The number of hydrogen-bond donors (Lipinski definition) is 0. The molecule has 0 fully saturated rings. The van der Waals surface area contributed by atoms with Gasteiger partial charge in [-0.1, -0.05) is 197 Å². The predicted octanol–water partition coefficient (Wildman–Crippen LogP) is 15.0. The van der Waals surface area contributed by atoms with E-state index in [0.717, 1.165) is 76.7 Å². The van der Waals surface area contributed by atoms with E-state index >= 15 is 0 Å². The first kappa shape index (κ1) is 35.9. The Balaban J connectivity index is 1.21. The molecule has 1 aliphatic carbocycles. The third-order valence-corrected chi connectivity index (χ3v) is 13.2. The molecular formula is C58H40N4. The van der Waals surface area contributed by atoms with Crippen molar-refractivity contribution in [3.8, 4) is 51.0 Å². The first-order valence-corrected chi connectivity index (χ1v) is 21.2. The van der Waals surface area contributed by atoms with Gasteiger partial charge in [0, 0.05) is 38.3 Å². The van der Waals surface area contributed by atoms with E-state index in [4.69, 9.17) is 15.0 Å². The highest BCUT2D eigenvalue weighted by atomic mass is 15.2. The molecule has 0 atom stereocenters. The summed E-state index contributed by atoms with van der Waals surface area (Å²) in [5.41, 5.74) is 13.3. The molecule has 9 aromatic carbocycles. The molecule has 0 saturated heterocycles. The Bertz CT molecular complexity index is 3700. The van der Waals surface area contributed by atoms with Crippen molar-refractivity contribution in [2.75, 3.05) is 0 Å². The molecule has 12 rings (SSSR count). The molecule has 0 radical (unpaired) electrons. The van der Waals surface area contributed by atoms with Gasteiger partial charge in [-0.05, 0) is 78.0 Å². The summed E-state index contributed by atoms with van der Waals surface area (Å²) in [7, 11) is 0. The summed E-state index contributed by atoms with van der Waals surface area (Å²) >= 11 is 0. The lowest BCUT2D eigenvalue weighted by Crippen LogP contribution is -2.15. The minimum atomic E-state index is -0.204. The number of para-hydroxylation sites is 1. The summed E-state index contributed by atoms with van der Waals surface area (Å²) in [5.74, 6) is 1.75. The largest absolute Gasteiger partial charge is 0.277 e. The fourth-order valence-corrected chi connectivity index (χ4v) is 10.2. The second-order valence-corrected chi connectivity index (χ2v) is 16.8. The van der Waals surface area contributed by atoms with Crippen LogP contribution in [0.2, 0.25) is 0 Å². The van der Waals surface area contributed by atoms with Gasteiger partial charge >= 0.3 is 0 Å². The molecule has 0 spiro atoms. The third kappa shape index (κ3) is 5.17. The monoisotopic (exact) mass is 792 g/mol. The van der Waals surface area contributed by atoms with Crippen molar-refractivity contribution in [2.45, 2.75) is 19.3 Å². The van der Waals surface area contributed by atoms with Crippen molar-refractivity contribution in [3.63, 3.8) is 0 Å². The number of fused-ring (bicyclic) bond motifs is 11. The lowest BCUT2D eigenvalue weighted by Gasteiger charge is -2.22. The lowest BCUT2D eigenvalue weighted by molar-refractivity contribution is 0.661. The van der Waals surface area contributed by atoms with Crippen LogP contribution < -0.4 is 0 Å². The topological polar surface area (TPSA) is 43.6 Å². The van der Waals surface area contributed by atoms with E-state index in [-0.39, 0.29) is 5.41 Å². The highest BCUT2D eigenvalue weighted by molar-refractivity contribution is 6.25. The van der Waals surface area contributed by atoms with Gasteiger partial charge in [-0.3, -0.25) is 4.57 Å². The first-order valence-electron chi connectivity index (χ1n) is 21.2. The minimum absolute atomic E-state index is 0.204. The third-order valence-electron chi connectivity index (χ3n) is 13.2. The van der Waals surface area contributed by atoms with Gasteiger partial charge in [0.2, 0.25) is 5.95 Å². The maximum atomic E-state index is 5.45. The van der Waals surface area contributed by atoms with Crippen molar-refractivity contribution < 1.29 is 0 Å². The molecule has 0 saturated carbocycles. The summed E-state index contributed by atoms with van der Waals surface area (Å²) in [5, 5.41) is 9.18. The fourth-order valence-electron chi connectivity index (χ4n) is 10.2. The molecule has 4 heteroatoms. The molecule has 0 aliphatic heterocycles. The quantitative estimate of drug-likeness (QED) is 0.168. The molecule has 2 heterocycles. The Morgan fingerprint density at radius 2 is 1.10 bits per heavy atom. The van der Waals surface area contributed by atoms with Crippen molar-refractivity contribution in [1.82, 2.24) is 19.5 Å². The van der Waals surface area contributed by atoms with E-state index in [9.17, 15) is 0 Å². The summed E-state index contributed by atoms with van der Waals surface area (Å²) in [6, 6.07) is 60.7. The first-order chi connectivity index (χ1) is 30.4. The van der Waals surface area contributed by atoms with Crippen molar-refractivity contribution in [1.29, 1.82) is 0 Å². The Morgan fingerprint density at radius 1 is 0.452 bits per heavy atom. The maximum Gasteiger partial charge on any atom is 0.238 e. The van der Waals surface area contributed by atoms with Crippen LogP contribution in [-0.4, -0.2) is 19.5 Å². The van der Waals surface area contributed by atoms with Crippen LogP contribution >= 0.6 is 0 Å². The second kappa shape index (κ2) is 13.5. The summed E-state index contributed by atoms with van der Waals surface area (Å²) in [6.45, 7) is 13.4. The van der Waals surface area contributed by atoms with Crippen molar-refractivity contribution >= 4 is 66.3 Å². The van der Waals surface area contributed by atoms with Crippen molar-refractivity contribution in [3.05, 3.63) is 205 Å². The van der Waals surface area contributed by atoms with Crippen LogP contribution in [-0.2, 0) is 5.41 Å². The van der Waals surface area contributed by atoms with Gasteiger partial charge in [0.15, 0.2) is 11.6 Å². The van der Waals surface area contributed by atoms with Gasteiger partial charge in [-0.15, -0.1) is 0 Å². The normalized spacial score (nSPS) is 12.9. The molecule has 0 unspecified atom stereocenters. The van der Waals surface area contributed by atoms with E-state index in [1.165, 1.54) is 33.0 Å². The molecular weight excluding hydrogens is 753 g/mol. The smallest absolute Gasteiger partial charge is 0.238 e. The Kier molecular flexibility index (Phi) is 7.85. The van der Waals surface area contributed by atoms with Crippen molar-refractivity contribution in [2.24, 2.45) is 0 Å². The van der Waals surface area contributed by atoms with E-state index in [1.54, 1.807) is 0 Å². The highest BCUT2D eigenvalue weighted by Crippen LogP contribution is 2.53. The van der Waals surface area contributed by atoms with Crippen LogP contribution in [0.5, 0.6) is 0 Å². The molecule has 1 aliphatic rings. The molecule has 0 bridgehead atoms. The van der Waals surface area contributed by atoms with Gasteiger partial charge in [-0.2, -0.15) is 9.97 Å². The van der Waals surface area contributed by atoms with Crippen LogP contribution in [0.25, 0.3) is 117 Å². The molecule has 2 aromatic heterocycles. The molecule has 4 nitrogen and oxygen atoms in total. The second-order valence-electron chi connectivity index (χ2n) is 16.8. The molecule has 0 N–H and O–H groups in total. The Morgan fingerprint density at radius 3 is 1.89 bits per heavy atom. The average molecular weight is 793 g/mol. The summed E-state index contributed by atoms with van der Waals surface area (Å²) < 4.78 is 2.29. The fraction of sp³-hybridized carbons (Fsp3) is 0.0517. The van der Waals surface area contributed by atoms with Gasteiger partial charge in [0.25, 0.3) is 0 Å². The average Bonchev–Trinajstić information content (AvgIpc) is 3.80. The van der Waals surface area contributed by atoms with E-state index in [0.29, 0.717) is 17.6 Å². The standard InChI is InChI=1S/C58H40N4/c1-5-41-42(6-2)52-48-26-16-25-44(39-29-31-47-50(34-39)58(3,4)49-32-30-36-18-12-13-22-43(36)51(47)49)53(48)62(54(52)46-24-15-14-23-45(41)46)57-60-55(37-19-8-7-9-20-37)59-56(61-57)40-28-27-35-17-10-11-21-38(35)33-40/h5-34H,1-2H2,3-4H3. The predicted molar refractivity (Wildman–Crippen MR) is 261 cm³/mol. The SMILES string of the molecule is C=Cc1c(C=C)c2c3cccc(-c4ccc5c(c4)C(C)(C)c4ccc6ccccc6c4-5)c3n(-c3nc(-c4ccccc4)nc(-c4ccc5ccccc5c4)n3)c2c2ccccc12. The molecule has 292 valence electrons. The molecule has 62 heavy (non-hydrogen) atoms. The Hall–Kier alpha value is -7.95. The zero-order valence-corrected chi connectivity index (χ0v) is 34.5. The maximum absolute atomic E-state index is 5.45. The van der Waals surface area contributed by atoms with Gasteiger partial charge in [0.1, 0.15) is 0 Å². The number of benzene rings is 9. The van der Waals surface area contributed by atoms with Gasteiger partial charge < -0.3 is 0 Å². The number of aromatic nitrogens is 4. The van der Waals surface area contributed by atoms with Crippen LogP contribution in [0.1, 0.15) is 36.1 Å². The van der Waals surface area contributed by atoms with E-state index in [2.05, 4.69) is 183 Å². The van der Waals surface area contributed by atoms with Gasteiger partial charge in [0.05, 0.1) is 11.0 Å². The van der Waals surface area contributed by atoms with Crippen LogP contribution in [0.4, 0.5) is 0 Å². The Labute approximate surface area is 359 Å². The van der Waals surface area contributed by atoms with Crippen LogP contribution in [0.3, 0.4) is 0 Å². The number of hydrogen-bond acceptors (Lipinski definition) is 3. The summed E-state index contributed by atoms with van der Waals surface area (Å²) in [6.07, 6.45) is 3.94. The number of nitrogens with zero attached hydrogens (tertiary/aromatic N) is 4. The van der Waals surface area contributed by atoms with Gasteiger partial charge in [-0.25, -0.2) is 4.98 Å². The zero-order valence-electron chi connectivity index (χ0n) is 34.5. The van der Waals surface area contributed by atoms with E-state index < -0.39 is 0 Å². The van der Waals surface area contributed by atoms with E-state index in [1.807, 2.05) is 30.4 Å². The highest BCUT2D eigenvalue weighted by Gasteiger charge is 2.37. The minimum Gasteiger partial charge on any atom is -0.277 e. The lowest BCUT2D eigenvalue weighted by atomic mass is 9.81. The molecule has 11 aromatic rings. The summed E-state index contributed by atoms with van der Waals surface area (Å²) in [4.78, 5) is 16.0. The number of rotatable bonds is 6.